The van der Waals surface area contributed by atoms with Gasteiger partial charge in [0, 0.05) is 17.6 Å². The van der Waals surface area contributed by atoms with Crippen molar-refractivity contribution in [3.05, 3.63) is 23.8 Å². The Kier molecular flexibility index (Phi) is 3.97. The number of methoxy groups -OCH3 is 1. The van der Waals surface area contributed by atoms with Crippen LogP contribution in [-0.2, 0) is 0 Å². The van der Waals surface area contributed by atoms with E-state index in [1.165, 1.54) is 0 Å². The molecule has 0 radical (unpaired) electrons. The molecule has 2 N–H and O–H groups in total. The van der Waals surface area contributed by atoms with Crippen molar-refractivity contribution in [2.24, 2.45) is 0 Å². The summed E-state index contributed by atoms with van der Waals surface area (Å²) in [5.41, 5.74) is 0.864. The van der Waals surface area contributed by atoms with E-state index in [2.05, 4.69) is 19.2 Å². The molecule has 0 aliphatic rings. The second-order valence-corrected chi connectivity index (χ2v) is 3.97. The molecule has 0 saturated carbocycles. The fourth-order valence-corrected chi connectivity index (χ4v) is 1.60. The molecule has 1 aromatic rings. The maximum atomic E-state index is 9.72. The molecule has 0 unspecified atom stereocenters. The fraction of sp³-hybridized carbons (Fsp3) is 0.500. The van der Waals surface area contributed by atoms with Crippen molar-refractivity contribution >= 4 is 0 Å². The highest BCUT2D eigenvalue weighted by molar-refractivity contribution is 5.41. The van der Waals surface area contributed by atoms with Crippen molar-refractivity contribution in [2.45, 2.75) is 32.9 Å². The van der Waals surface area contributed by atoms with Gasteiger partial charge in [-0.3, -0.25) is 0 Å². The van der Waals surface area contributed by atoms with Crippen LogP contribution in [0.15, 0.2) is 18.2 Å². The van der Waals surface area contributed by atoms with E-state index in [4.69, 9.17) is 4.74 Å². The lowest BCUT2D eigenvalue weighted by molar-refractivity contribution is 0.405. The van der Waals surface area contributed by atoms with Crippen LogP contribution < -0.4 is 10.1 Å². The number of phenolic OH excluding ortho intramolecular Hbond substituents is 1. The van der Waals surface area contributed by atoms with Gasteiger partial charge in [-0.1, -0.05) is 13.8 Å². The minimum absolute atomic E-state index is 0.111. The lowest BCUT2D eigenvalue weighted by Gasteiger charge is -2.18. The lowest BCUT2D eigenvalue weighted by atomic mass is 10.1. The molecule has 0 amide bonds. The maximum Gasteiger partial charge on any atom is 0.120 e. The Morgan fingerprint density at radius 3 is 2.47 bits per heavy atom. The third-order valence-electron chi connectivity index (χ3n) is 2.28. The number of ether oxygens (including phenoxy) is 1. The Balaban J connectivity index is 2.91. The molecule has 3 heteroatoms. The molecule has 3 nitrogen and oxygen atoms in total. The molecule has 0 aromatic heterocycles. The highest BCUT2D eigenvalue weighted by Gasteiger charge is 2.11. The van der Waals surface area contributed by atoms with Crippen LogP contribution in [0.4, 0.5) is 0 Å². The zero-order chi connectivity index (χ0) is 11.4. The van der Waals surface area contributed by atoms with Crippen LogP contribution in [0.1, 0.15) is 32.4 Å². The van der Waals surface area contributed by atoms with Crippen LogP contribution in [0, 0.1) is 0 Å². The van der Waals surface area contributed by atoms with Gasteiger partial charge in [0.15, 0.2) is 0 Å². The summed E-state index contributed by atoms with van der Waals surface area (Å²) in [4.78, 5) is 0. The summed E-state index contributed by atoms with van der Waals surface area (Å²) in [5, 5.41) is 13.1. The molecule has 1 atom stereocenters. The zero-order valence-corrected chi connectivity index (χ0v) is 9.74. The van der Waals surface area contributed by atoms with Gasteiger partial charge in [0.1, 0.15) is 11.5 Å². The zero-order valence-electron chi connectivity index (χ0n) is 9.74. The molecule has 0 fully saturated rings. The second kappa shape index (κ2) is 5.03. The van der Waals surface area contributed by atoms with E-state index in [1.54, 1.807) is 19.2 Å². The molecule has 1 aromatic carbocycles. The average molecular weight is 209 g/mol. The van der Waals surface area contributed by atoms with Gasteiger partial charge in [0.25, 0.3) is 0 Å². The second-order valence-electron chi connectivity index (χ2n) is 3.97. The van der Waals surface area contributed by atoms with Gasteiger partial charge in [-0.05, 0) is 25.1 Å². The summed E-state index contributed by atoms with van der Waals surface area (Å²) in [6, 6.07) is 5.76. The molecular weight excluding hydrogens is 190 g/mol. The Morgan fingerprint density at radius 1 is 1.27 bits per heavy atom. The van der Waals surface area contributed by atoms with Crippen LogP contribution >= 0.6 is 0 Å². The van der Waals surface area contributed by atoms with Gasteiger partial charge in [-0.2, -0.15) is 0 Å². The van der Waals surface area contributed by atoms with Crippen LogP contribution in [0.25, 0.3) is 0 Å². The molecule has 0 heterocycles. The number of rotatable bonds is 4. The van der Waals surface area contributed by atoms with E-state index in [9.17, 15) is 5.11 Å². The summed E-state index contributed by atoms with van der Waals surface area (Å²) >= 11 is 0. The average Bonchev–Trinajstić information content (AvgIpc) is 2.17. The van der Waals surface area contributed by atoms with Gasteiger partial charge < -0.3 is 15.2 Å². The first-order valence-electron chi connectivity index (χ1n) is 5.17. The normalized spacial score (nSPS) is 12.9. The van der Waals surface area contributed by atoms with Crippen molar-refractivity contribution in [3.8, 4) is 11.5 Å². The van der Waals surface area contributed by atoms with Crippen molar-refractivity contribution < 1.29 is 9.84 Å². The van der Waals surface area contributed by atoms with Crippen molar-refractivity contribution in [2.75, 3.05) is 7.11 Å². The minimum atomic E-state index is 0.111. The Hall–Kier alpha value is -1.22. The topological polar surface area (TPSA) is 41.5 Å². The molecule has 1 rings (SSSR count). The van der Waals surface area contributed by atoms with Crippen LogP contribution in [-0.4, -0.2) is 18.3 Å². The van der Waals surface area contributed by atoms with Crippen molar-refractivity contribution in [1.82, 2.24) is 5.32 Å². The Morgan fingerprint density at radius 2 is 1.93 bits per heavy atom. The molecule has 84 valence electrons. The maximum absolute atomic E-state index is 9.72. The predicted octanol–water partition coefficient (Wildman–Crippen LogP) is 2.46. The minimum Gasteiger partial charge on any atom is -0.508 e. The van der Waals surface area contributed by atoms with Crippen LogP contribution in [0.2, 0.25) is 0 Å². The molecule has 0 aliphatic heterocycles. The first-order chi connectivity index (χ1) is 7.04. The Labute approximate surface area is 91.1 Å². The number of benzene rings is 1. The van der Waals surface area contributed by atoms with E-state index in [0.29, 0.717) is 11.8 Å². The van der Waals surface area contributed by atoms with Gasteiger partial charge >= 0.3 is 0 Å². The molecule has 15 heavy (non-hydrogen) atoms. The highest BCUT2D eigenvalue weighted by Crippen LogP contribution is 2.28. The molecule has 0 spiro atoms. The third-order valence-corrected chi connectivity index (χ3v) is 2.28. The van der Waals surface area contributed by atoms with E-state index >= 15 is 0 Å². The highest BCUT2D eigenvalue weighted by atomic mass is 16.5. The van der Waals surface area contributed by atoms with Gasteiger partial charge in [-0.15, -0.1) is 0 Å². The number of phenols is 1. The first kappa shape index (κ1) is 11.9. The molecule has 0 saturated heterocycles. The molecular formula is C12H19NO2. The van der Waals surface area contributed by atoms with Crippen molar-refractivity contribution in [1.29, 1.82) is 0 Å². The smallest absolute Gasteiger partial charge is 0.120 e. The number of hydrogen-bond donors (Lipinski definition) is 2. The first-order valence-corrected chi connectivity index (χ1v) is 5.17. The summed E-state index contributed by atoms with van der Waals surface area (Å²) < 4.78 is 5.13. The standard InChI is InChI=1S/C12H19NO2/c1-8(2)13-9(3)11-7-10(15-4)5-6-12(11)14/h5-9,13-14H,1-4H3/t9-/m1/s1. The van der Waals surface area contributed by atoms with E-state index in [1.807, 2.05) is 13.0 Å². The fourth-order valence-electron chi connectivity index (χ4n) is 1.60. The summed E-state index contributed by atoms with van der Waals surface area (Å²) in [5.74, 6) is 1.07. The summed E-state index contributed by atoms with van der Waals surface area (Å²) in [6.45, 7) is 6.18. The molecule has 0 aliphatic carbocycles. The third kappa shape index (κ3) is 3.13. The largest absolute Gasteiger partial charge is 0.508 e. The van der Waals surface area contributed by atoms with Crippen LogP contribution in [0.3, 0.4) is 0 Å². The van der Waals surface area contributed by atoms with Gasteiger partial charge in [0.05, 0.1) is 7.11 Å². The quantitative estimate of drug-likeness (QED) is 0.800. The van der Waals surface area contributed by atoms with E-state index in [0.717, 1.165) is 11.3 Å². The van der Waals surface area contributed by atoms with Crippen LogP contribution in [0.5, 0.6) is 11.5 Å². The summed E-state index contributed by atoms with van der Waals surface area (Å²) in [6.07, 6.45) is 0. The van der Waals surface area contributed by atoms with Gasteiger partial charge in [0.2, 0.25) is 0 Å². The van der Waals surface area contributed by atoms with E-state index in [-0.39, 0.29) is 6.04 Å². The predicted molar refractivity (Wildman–Crippen MR) is 61.3 cm³/mol. The molecule has 0 bridgehead atoms. The monoisotopic (exact) mass is 209 g/mol. The summed E-state index contributed by atoms with van der Waals surface area (Å²) in [7, 11) is 1.62. The van der Waals surface area contributed by atoms with E-state index < -0.39 is 0 Å². The number of nitrogens with one attached hydrogen (secondary N) is 1. The number of aromatic hydroxyl groups is 1. The SMILES string of the molecule is COc1ccc(O)c([C@@H](C)NC(C)C)c1. The number of hydrogen-bond acceptors (Lipinski definition) is 3. The van der Waals surface area contributed by atoms with Crippen molar-refractivity contribution in [3.63, 3.8) is 0 Å². The van der Waals surface area contributed by atoms with Gasteiger partial charge in [-0.25, -0.2) is 0 Å². The lowest BCUT2D eigenvalue weighted by Crippen LogP contribution is -2.26. The Bertz CT molecular complexity index is 323.